The Balaban J connectivity index is 1.46. The Bertz CT molecular complexity index is 1450. The van der Waals surface area contributed by atoms with Crippen LogP contribution in [0.25, 0.3) is 0 Å². The van der Waals surface area contributed by atoms with Crippen molar-refractivity contribution in [2.45, 2.75) is 49.5 Å². The van der Waals surface area contributed by atoms with Crippen molar-refractivity contribution in [2.24, 2.45) is 0 Å². The summed E-state index contributed by atoms with van der Waals surface area (Å²) >= 11 is 0. The van der Waals surface area contributed by atoms with Crippen LogP contribution < -0.4 is 15.0 Å². The number of nitrogens with one attached hydrogen (secondary N) is 1. The first-order valence-electron chi connectivity index (χ1n) is 13.0. The molecule has 0 unspecified atom stereocenters. The number of hydrogen-bond acceptors (Lipinski definition) is 8. The van der Waals surface area contributed by atoms with Gasteiger partial charge in [-0.25, -0.2) is 13.4 Å². The topological polar surface area (TPSA) is 122 Å². The highest BCUT2D eigenvalue weighted by Crippen LogP contribution is 2.29. The average molecular weight is 585 g/mol. The van der Waals surface area contributed by atoms with Crippen molar-refractivity contribution in [3.8, 4) is 11.9 Å². The third-order valence-electron chi connectivity index (χ3n) is 6.80. The molecular weight excluding hydrogens is 554 g/mol. The summed E-state index contributed by atoms with van der Waals surface area (Å²) in [5, 5.41) is 12.1. The van der Waals surface area contributed by atoms with Crippen LogP contribution in [0.4, 0.5) is 14.5 Å². The lowest BCUT2D eigenvalue weighted by atomic mass is 10.0. The fourth-order valence-electron chi connectivity index (χ4n) is 4.67. The molecule has 9 nitrogen and oxygen atoms in total. The summed E-state index contributed by atoms with van der Waals surface area (Å²) in [7, 11) is -3.37. The van der Waals surface area contributed by atoms with Gasteiger partial charge in [0.25, 0.3) is 5.91 Å². The van der Waals surface area contributed by atoms with Gasteiger partial charge >= 0.3 is 6.61 Å². The lowest BCUT2D eigenvalue weighted by molar-refractivity contribution is -0.131. The normalized spacial score (nSPS) is 17.7. The predicted octanol–water partition coefficient (Wildman–Crippen LogP) is 4.53. The average Bonchev–Trinajstić information content (AvgIpc) is 3.38. The van der Waals surface area contributed by atoms with Gasteiger partial charge in [0.2, 0.25) is 5.88 Å². The maximum Gasteiger partial charge on any atom is 0.345 e. The van der Waals surface area contributed by atoms with Crippen LogP contribution in [0.5, 0.6) is 5.88 Å². The second-order valence-corrected chi connectivity index (χ2v) is 11.7. The molecule has 216 valence electrons. The fraction of sp³-hybridized carbons (Fsp3) is 0.345. The van der Waals surface area contributed by atoms with Crippen LogP contribution in [0.1, 0.15) is 41.7 Å². The smallest absolute Gasteiger partial charge is 0.345 e. The summed E-state index contributed by atoms with van der Waals surface area (Å²) in [4.78, 5) is 19.3. The second kappa shape index (κ2) is 13.5. The van der Waals surface area contributed by atoms with Gasteiger partial charge in [-0.3, -0.25) is 4.79 Å². The van der Waals surface area contributed by atoms with Crippen LogP contribution in [-0.2, 0) is 14.6 Å². The van der Waals surface area contributed by atoms with Crippen LogP contribution in [0.3, 0.4) is 0 Å². The van der Waals surface area contributed by atoms with Crippen molar-refractivity contribution < 1.29 is 31.5 Å². The van der Waals surface area contributed by atoms with Crippen LogP contribution in [0.15, 0.2) is 77.8 Å². The van der Waals surface area contributed by atoms with E-state index in [-0.39, 0.29) is 35.8 Å². The van der Waals surface area contributed by atoms with Crippen molar-refractivity contribution in [1.29, 1.82) is 5.26 Å². The number of pyridine rings is 1. The van der Waals surface area contributed by atoms with Gasteiger partial charge in [0.15, 0.2) is 9.84 Å². The number of anilines is 1. The van der Waals surface area contributed by atoms with Crippen LogP contribution >= 0.6 is 0 Å². The van der Waals surface area contributed by atoms with E-state index in [2.05, 4.69) is 21.1 Å². The summed E-state index contributed by atoms with van der Waals surface area (Å²) < 4.78 is 60.4. The van der Waals surface area contributed by atoms with E-state index in [1.54, 1.807) is 67.7 Å². The van der Waals surface area contributed by atoms with E-state index in [1.165, 1.54) is 12.1 Å². The third-order valence-corrected chi connectivity index (χ3v) is 8.55. The monoisotopic (exact) mass is 584 g/mol. The molecule has 0 spiro atoms. The minimum atomic E-state index is -3.37. The van der Waals surface area contributed by atoms with Gasteiger partial charge in [0, 0.05) is 29.9 Å². The van der Waals surface area contributed by atoms with E-state index in [1.807, 2.05) is 4.90 Å². The van der Waals surface area contributed by atoms with E-state index < -0.39 is 28.4 Å². The first-order valence-corrected chi connectivity index (χ1v) is 14.7. The van der Waals surface area contributed by atoms with Crippen molar-refractivity contribution in [1.82, 2.24) is 10.3 Å². The number of halogens is 2. The number of carbonyl (C=O) groups excluding carboxylic acids is 1. The molecule has 1 aliphatic heterocycles. The standard InChI is InChI=1S/C29H30F2N4O5S/c1-2-41(37,38)25-12-8-20(9-13-25)26(14-15-32)34-28(36)21-6-10-22(11-7-21)35-18-24(17-23(35)19-39-29(30)31)40-27-5-3-4-16-33-27/h3-13,16,23-24,26,29H,2,14,17-19H2,1H3,(H,34,36)/t23-,24-,26-/m0/s1. The minimum absolute atomic E-state index is 0.0129. The lowest BCUT2D eigenvalue weighted by Crippen LogP contribution is -2.34. The molecule has 3 atom stereocenters. The third kappa shape index (κ3) is 7.77. The number of alkyl halides is 2. The molecule has 0 aliphatic carbocycles. The quantitative estimate of drug-likeness (QED) is 0.330. The van der Waals surface area contributed by atoms with Gasteiger partial charge in [-0.1, -0.05) is 25.1 Å². The number of aromatic nitrogens is 1. The summed E-state index contributed by atoms with van der Waals surface area (Å²) in [6.07, 6.45) is 1.74. The minimum Gasteiger partial charge on any atom is -0.472 e. The Morgan fingerprint density at radius 3 is 2.49 bits per heavy atom. The first-order chi connectivity index (χ1) is 19.7. The highest BCUT2D eigenvalue weighted by molar-refractivity contribution is 7.91. The van der Waals surface area contributed by atoms with Crippen molar-refractivity contribution in [2.75, 3.05) is 23.8 Å². The molecule has 1 fully saturated rings. The van der Waals surface area contributed by atoms with Crippen molar-refractivity contribution in [3.63, 3.8) is 0 Å². The molecule has 12 heteroatoms. The predicted molar refractivity (Wildman–Crippen MR) is 147 cm³/mol. The highest BCUT2D eigenvalue weighted by atomic mass is 32.2. The van der Waals surface area contributed by atoms with Gasteiger partial charge in [0.05, 0.1) is 48.4 Å². The molecule has 3 aromatic rings. The first kappa shape index (κ1) is 29.9. The van der Waals surface area contributed by atoms with E-state index in [4.69, 9.17) is 4.74 Å². The van der Waals surface area contributed by atoms with Crippen molar-refractivity contribution in [3.05, 3.63) is 84.1 Å². The molecular formula is C29H30F2N4O5S. The maximum absolute atomic E-state index is 13.0. The molecule has 1 saturated heterocycles. The Hall–Kier alpha value is -4.08. The number of nitrogens with zero attached hydrogens (tertiary/aromatic N) is 3. The molecule has 1 amide bonds. The summed E-state index contributed by atoms with van der Waals surface area (Å²) in [6, 6.07) is 19.1. The number of hydrogen-bond donors (Lipinski definition) is 1. The van der Waals surface area contributed by atoms with Gasteiger partial charge in [-0.2, -0.15) is 14.0 Å². The zero-order chi connectivity index (χ0) is 29.4. The second-order valence-electron chi connectivity index (χ2n) is 9.45. The molecule has 0 saturated carbocycles. The number of ether oxygens (including phenoxy) is 2. The molecule has 4 rings (SSSR count). The van der Waals surface area contributed by atoms with E-state index in [9.17, 15) is 27.3 Å². The van der Waals surface area contributed by atoms with Crippen LogP contribution in [0, 0.1) is 11.3 Å². The number of amides is 1. The summed E-state index contributed by atoms with van der Waals surface area (Å²) in [6.45, 7) is -1.13. The number of carbonyl (C=O) groups is 1. The molecule has 1 aromatic heterocycles. The van der Waals surface area contributed by atoms with Gasteiger partial charge in [0.1, 0.15) is 6.10 Å². The molecule has 2 aromatic carbocycles. The summed E-state index contributed by atoms with van der Waals surface area (Å²) in [5.74, 6) is -0.0124. The highest BCUT2D eigenvalue weighted by Gasteiger charge is 2.34. The maximum atomic E-state index is 13.0. The van der Waals surface area contributed by atoms with E-state index >= 15 is 0 Å². The number of sulfone groups is 1. The molecule has 0 bridgehead atoms. The Kier molecular flexibility index (Phi) is 9.86. The van der Waals surface area contributed by atoms with Gasteiger partial charge in [-0.15, -0.1) is 0 Å². The molecule has 1 aliphatic rings. The zero-order valence-corrected chi connectivity index (χ0v) is 23.1. The molecule has 1 N–H and O–H groups in total. The Morgan fingerprint density at radius 2 is 1.88 bits per heavy atom. The Labute approximate surface area is 237 Å². The largest absolute Gasteiger partial charge is 0.472 e. The Morgan fingerprint density at radius 1 is 1.15 bits per heavy atom. The van der Waals surface area contributed by atoms with E-state index in [0.717, 1.165) is 0 Å². The van der Waals surface area contributed by atoms with Crippen LogP contribution in [-0.4, -0.2) is 57.0 Å². The van der Waals surface area contributed by atoms with Gasteiger partial charge in [-0.05, 0) is 48.0 Å². The molecule has 2 heterocycles. The van der Waals surface area contributed by atoms with Crippen LogP contribution in [0.2, 0.25) is 0 Å². The van der Waals surface area contributed by atoms with Crippen molar-refractivity contribution >= 4 is 21.4 Å². The summed E-state index contributed by atoms with van der Waals surface area (Å²) in [5.41, 5.74) is 1.64. The van der Waals surface area contributed by atoms with E-state index in [0.29, 0.717) is 35.7 Å². The SMILES string of the molecule is CCS(=O)(=O)c1ccc([C@H](CC#N)NC(=O)c2ccc(N3C[C@@H](Oc4ccccn4)C[C@H]3COC(F)F)cc2)cc1. The number of nitriles is 1. The van der Waals surface area contributed by atoms with Gasteiger partial charge < -0.3 is 19.7 Å². The lowest BCUT2D eigenvalue weighted by Gasteiger charge is -2.26. The number of benzene rings is 2. The zero-order valence-electron chi connectivity index (χ0n) is 22.3. The fourth-order valence-corrected chi connectivity index (χ4v) is 5.55. The molecule has 41 heavy (non-hydrogen) atoms. The number of rotatable bonds is 12. The molecule has 0 radical (unpaired) electrons.